The summed E-state index contributed by atoms with van der Waals surface area (Å²) in [5.74, 6) is 1.65. The van der Waals surface area contributed by atoms with E-state index in [0.29, 0.717) is 5.92 Å². The summed E-state index contributed by atoms with van der Waals surface area (Å²) in [5, 5.41) is 1.22. The molecule has 0 spiro atoms. The van der Waals surface area contributed by atoms with Crippen LogP contribution in [0.2, 0.25) is 0 Å². The second-order valence-electron chi connectivity index (χ2n) is 6.14. The van der Waals surface area contributed by atoms with E-state index in [9.17, 15) is 0 Å². The number of aryl methyl sites for hydroxylation is 1. The van der Waals surface area contributed by atoms with E-state index in [0.717, 1.165) is 17.7 Å². The van der Waals surface area contributed by atoms with Crippen LogP contribution in [0.1, 0.15) is 29.5 Å². The van der Waals surface area contributed by atoms with Gasteiger partial charge in [0.2, 0.25) is 0 Å². The van der Waals surface area contributed by atoms with E-state index in [-0.39, 0.29) is 0 Å². The first-order valence-corrected chi connectivity index (χ1v) is 8.63. The molecule has 0 saturated carbocycles. The fourth-order valence-electron chi connectivity index (χ4n) is 3.34. The van der Waals surface area contributed by atoms with Crippen LogP contribution >= 0.6 is 11.3 Å². The van der Waals surface area contributed by atoms with Crippen molar-refractivity contribution in [3.05, 3.63) is 41.2 Å². The minimum absolute atomic E-state index is 0.482. The largest absolute Gasteiger partial charge is 0.306 e. The molecule has 4 rings (SSSR count). The number of pyridine rings is 1. The molecule has 0 aromatic carbocycles. The van der Waals surface area contributed by atoms with Crippen molar-refractivity contribution in [1.82, 2.24) is 19.4 Å². The van der Waals surface area contributed by atoms with Crippen molar-refractivity contribution < 1.29 is 0 Å². The Hall–Kier alpha value is -1.72. The third-order valence-electron chi connectivity index (χ3n) is 4.38. The molecule has 1 aliphatic heterocycles. The summed E-state index contributed by atoms with van der Waals surface area (Å²) in [6.45, 7) is 4.41. The lowest BCUT2D eigenvalue weighted by molar-refractivity contribution is 0.245. The van der Waals surface area contributed by atoms with Crippen LogP contribution in [-0.2, 0) is 0 Å². The van der Waals surface area contributed by atoms with Crippen LogP contribution in [-0.4, -0.2) is 39.6 Å². The molecule has 1 unspecified atom stereocenters. The second kappa shape index (κ2) is 5.48. The van der Waals surface area contributed by atoms with Gasteiger partial charge in [0.05, 0.1) is 0 Å². The first-order valence-electron chi connectivity index (χ1n) is 7.81. The van der Waals surface area contributed by atoms with Crippen LogP contribution in [0.5, 0.6) is 0 Å². The molecule has 5 heteroatoms. The van der Waals surface area contributed by atoms with E-state index in [1.807, 2.05) is 23.6 Å². The lowest BCUT2D eigenvalue weighted by Gasteiger charge is -2.29. The molecule has 0 amide bonds. The van der Waals surface area contributed by atoms with E-state index < -0.39 is 0 Å². The number of likely N-dealkylation sites (tertiary alicyclic amines) is 1. The van der Waals surface area contributed by atoms with Gasteiger partial charge in [0.15, 0.2) is 5.65 Å². The van der Waals surface area contributed by atoms with Gasteiger partial charge in [-0.1, -0.05) is 0 Å². The Morgan fingerprint density at radius 3 is 2.95 bits per heavy atom. The van der Waals surface area contributed by atoms with Crippen molar-refractivity contribution in [3.63, 3.8) is 0 Å². The topological polar surface area (TPSA) is 34.0 Å². The Kier molecular flexibility index (Phi) is 3.47. The molecule has 3 aromatic rings. The van der Waals surface area contributed by atoms with Crippen LogP contribution in [0.3, 0.4) is 0 Å². The summed E-state index contributed by atoms with van der Waals surface area (Å²) in [4.78, 5) is 13.3. The number of imidazole rings is 1. The third kappa shape index (κ3) is 2.34. The van der Waals surface area contributed by atoms with E-state index in [1.54, 1.807) is 0 Å². The van der Waals surface area contributed by atoms with Crippen LogP contribution in [0.4, 0.5) is 0 Å². The molecule has 1 fully saturated rings. The van der Waals surface area contributed by atoms with Gasteiger partial charge in [-0.3, -0.25) is 4.57 Å². The van der Waals surface area contributed by atoms with Gasteiger partial charge < -0.3 is 4.90 Å². The predicted octanol–water partition coefficient (Wildman–Crippen LogP) is 3.60. The minimum atomic E-state index is 0.482. The highest BCUT2D eigenvalue weighted by atomic mass is 32.1. The minimum Gasteiger partial charge on any atom is -0.306 e. The Labute approximate surface area is 134 Å². The van der Waals surface area contributed by atoms with Gasteiger partial charge in [-0.15, -0.1) is 11.3 Å². The van der Waals surface area contributed by atoms with Gasteiger partial charge in [0.1, 0.15) is 16.3 Å². The lowest BCUT2D eigenvalue weighted by atomic mass is 9.97. The Bertz CT molecular complexity index is 804. The van der Waals surface area contributed by atoms with Crippen molar-refractivity contribution in [2.75, 3.05) is 20.1 Å². The van der Waals surface area contributed by atoms with Crippen LogP contribution in [0.25, 0.3) is 16.2 Å². The SMILES string of the molecule is Cc1ccc(-n2c(C3CCCN(C)C3)nc3cccnc32)s1. The lowest BCUT2D eigenvalue weighted by Crippen LogP contribution is -2.32. The molecule has 0 bridgehead atoms. The number of nitrogens with zero attached hydrogens (tertiary/aromatic N) is 4. The molecule has 0 N–H and O–H groups in total. The number of piperidine rings is 1. The highest BCUT2D eigenvalue weighted by Gasteiger charge is 2.26. The molecule has 4 nitrogen and oxygen atoms in total. The summed E-state index contributed by atoms with van der Waals surface area (Å²) in [7, 11) is 2.20. The maximum Gasteiger partial charge on any atom is 0.165 e. The number of hydrogen-bond donors (Lipinski definition) is 0. The summed E-state index contributed by atoms with van der Waals surface area (Å²) >= 11 is 1.81. The molecule has 1 saturated heterocycles. The van der Waals surface area contributed by atoms with E-state index >= 15 is 0 Å². The van der Waals surface area contributed by atoms with Crippen LogP contribution < -0.4 is 0 Å². The molecule has 22 heavy (non-hydrogen) atoms. The third-order valence-corrected chi connectivity index (χ3v) is 5.36. The summed E-state index contributed by atoms with van der Waals surface area (Å²) < 4.78 is 2.27. The Morgan fingerprint density at radius 1 is 1.27 bits per heavy atom. The predicted molar refractivity (Wildman–Crippen MR) is 91.0 cm³/mol. The van der Waals surface area contributed by atoms with E-state index in [4.69, 9.17) is 4.98 Å². The number of rotatable bonds is 2. The highest BCUT2D eigenvalue weighted by molar-refractivity contribution is 7.14. The molecule has 0 radical (unpaired) electrons. The maximum absolute atomic E-state index is 4.94. The average Bonchev–Trinajstić information content (AvgIpc) is 3.10. The standard InChI is InChI=1S/C17H20N4S/c1-12-7-8-15(22-12)21-16(13-5-4-10-20(2)11-13)19-14-6-3-9-18-17(14)21/h3,6-9,13H,4-5,10-11H2,1-2H3. The molecule has 4 heterocycles. The summed E-state index contributed by atoms with van der Waals surface area (Å²) in [6.07, 6.45) is 4.30. The number of hydrogen-bond acceptors (Lipinski definition) is 4. The van der Waals surface area contributed by atoms with E-state index in [1.165, 1.54) is 35.1 Å². The van der Waals surface area contributed by atoms with Crippen molar-refractivity contribution in [2.24, 2.45) is 0 Å². The number of thiophene rings is 1. The first-order chi connectivity index (χ1) is 10.7. The van der Waals surface area contributed by atoms with Gasteiger partial charge >= 0.3 is 0 Å². The normalized spacial score (nSPS) is 19.8. The smallest absolute Gasteiger partial charge is 0.165 e. The second-order valence-corrected chi connectivity index (χ2v) is 7.40. The molecular formula is C17H20N4S. The number of fused-ring (bicyclic) bond motifs is 1. The first kappa shape index (κ1) is 13.9. The fourth-order valence-corrected chi connectivity index (χ4v) is 4.21. The van der Waals surface area contributed by atoms with Gasteiger partial charge in [0, 0.05) is 23.5 Å². The molecule has 3 aromatic heterocycles. The van der Waals surface area contributed by atoms with Gasteiger partial charge in [-0.05, 0) is 57.6 Å². The quantitative estimate of drug-likeness (QED) is 0.725. The zero-order chi connectivity index (χ0) is 15.1. The Balaban J connectivity index is 1.89. The monoisotopic (exact) mass is 312 g/mol. The van der Waals surface area contributed by atoms with Crippen molar-refractivity contribution in [2.45, 2.75) is 25.7 Å². The van der Waals surface area contributed by atoms with E-state index in [2.05, 4.69) is 46.6 Å². The van der Waals surface area contributed by atoms with Crippen LogP contribution in [0, 0.1) is 6.92 Å². The maximum atomic E-state index is 4.94. The van der Waals surface area contributed by atoms with Crippen molar-refractivity contribution in [3.8, 4) is 5.00 Å². The van der Waals surface area contributed by atoms with Crippen molar-refractivity contribution >= 4 is 22.5 Å². The molecular weight excluding hydrogens is 292 g/mol. The Morgan fingerprint density at radius 2 is 2.18 bits per heavy atom. The average molecular weight is 312 g/mol. The zero-order valence-electron chi connectivity index (χ0n) is 13.0. The van der Waals surface area contributed by atoms with Gasteiger partial charge in [-0.2, -0.15) is 0 Å². The van der Waals surface area contributed by atoms with Gasteiger partial charge in [-0.25, -0.2) is 9.97 Å². The summed E-state index contributed by atoms with van der Waals surface area (Å²) in [6, 6.07) is 8.39. The number of aromatic nitrogens is 3. The molecule has 114 valence electrons. The highest BCUT2D eigenvalue weighted by Crippen LogP contribution is 2.32. The molecule has 1 aliphatic rings. The molecule has 1 atom stereocenters. The summed E-state index contributed by atoms with van der Waals surface area (Å²) in [5.41, 5.74) is 1.98. The fraction of sp³-hybridized carbons (Fsp3) is 0.412. The van der Waals surface area contributed by atoms with Crippen LogP contribution in [0.15, 0.2) is 30.5 Å². The van der Waals surface area contributed by atoms with Gasteiger partial charge in [0.25, 0.3) is 0 Å². The molecule has 0 aliphatic carbocycles. The number of likely N-dealkylation sites (N-methyl/N-ethyl adjacent to an activating group) is 1. The van der Waals surface area contributed by atoms with Crippen molar-refractivity contribution in [1.29, 1.82) is 0 Å². The zero-order valence-corrected chi connectivity index (χ0v) is 13.8.